The Balaban J connectivity index is 1.71. The molecule has 0 aromatic heterocycles. The van der Waals surface area contributed by atoms with E-state index in [1.165, 1.54) is 18.9 Å². The molecule has 0 saturated carbocycles. The van der Waals surface area contributed by atoms with Gasteiger partial charge >= 0.3 is 0 Å². The van der Waals surface area contributed by atoms with Crippen LogP contribution < -0.4 is 9.64 Å². The molecule has 0 N–H and O–H groups in total. The van der Waals surface area contributed by atoms with Crippen LogP contribution in [-0.4, -0.2) is 49.4 Å². The van der Waals surface area contributed by atoms with Crippen LogP contribution in [0.5, 0.6) is 5.75 Å². The Hall–Kier alpha value is -2.03. The number of benzene rings is 2. The van der Waals surface area contributed by atoms with Crippen molar-refractivity contribution in [2.45, 2.75) is 17.7 Å². The molecule has 2 saturated heterocycles. The first kappa shape index (κ1) is 20.3. The molecule has 2 fully saturated rings. The number of amidine groups is 1. The number of methoxy groups -OCH3 is 1. The average Bonchev–Trinajstić information content (AvgIpc) is 3.13. The van der Waals surface area contributed by atoms with Gasteiger partial charge in [-0.2, -0.15) is 4.99 Å². The van der Waals surface area contributed by atoms with Crippen LogP contribution in [0.3, 0.4) is 0 Å². The Morgan fingerprint density at radius 1 is 1.24 bits per heavy atom. The second-order valence-corrected chi connectivity index (χ2v) is 10.7. The number of carbonyl (C=O) groups is 1. The van der Waals surface area contributed by atoms with Crippen molar-refractivity contribution in [3.8, 4) is 5.75 Å². The number of hydrogen-bond donors (Lipinski definition) is 0. The highest BCUT2D eigenvalue weighted by molar-refractivity contribution is 8.16. The van der Waals surface area contributed by atoms with Crippen LogP contribution >= 0.6 is 23.4 Å². The van der Waals surface area contributed by atoms with Crippen molar-refractivity contribution in [1.29, 1.82) is 0 Å². The van der Waals surface area contributed by atoms with Gasteiger partial charge in [-0.1, -0.05) is 53.7 Å². The first-order valence-corrected chi connectivity index (χ1v) is 12.1. The Kier molecular flexibility index (Phi) is 5.59. The van der Waals surface area contributed by atoms with Crippen LogP contribution in [-0.2, 0) is 21.1 Å². The number of rotatable bonds is 4. The lowest BCUT2D eigenvalue weighted by atomic mass is 10.1. The van der Waals surface area contributed by atoms with Crippen molar-refractivity contribution in [1.82, 2.24) is 0 Å². The lowest BCUT2D eigenvalue weighted by Crippen LogP contribution is -2.38. The Bertz CT molecular complexity index is 1070. The van der Waals surface area contributed by atoms with Crippen molar-refractivity contribution in [2.75, 3.05) is 23.5 Å². The standard InChI is InChI=1S/C20H19ClN2O4S2/c1-27-17-8-7-14(21)10-15(17)23-16-11-29(25,26)12-18(16)28-20(23)22-19(24)9-13-5-3-2-4-6-13/h2-8,10,16,18H,9,11-12H2,1H3. The number of carbonyl (C=O) groups excluding carboxylic acids is 1. The number of nitrogens with zero attached hydrogens (tertiary/aromatic N) is 2. The number of amides is 1. The van der Waals surface area contributed by atoms with Gasteiger partial charge in [-0.05, 0) is 23.8 Å². The second kappa shape index (κ2) is 8.01. The topological polar surface area (TPSA) is 76.0 Å². The number of anilines is 1. The normalized spacial score (nSPS) is 23.9. The monoisotopic (exact) mass is 450 g/mol. The smallest absolute Gasteiger partial charge is 0.252 e. The minimum atomic E-state index is -3.15. The summed E-state index contributed by atoms with van der Waals surface area (Å²) in [7, 11) is -1.61. The fraction of sp³-hybridized carbons (Fsp3) is 0.300. The van der Waals surface area contributed by atoms with Crippen LogP contribution in [0.4, 0.5) is 5.69 Å². The number of aliphatic imine (C=N–C) groups is 1. The highest BCUT2D eigenvalue weighted by Crippen LogP contribution is 2.44. The molecule has 152 valence electrons. The average molecular weight is 451 g/mol. The van der Waals surface area contributed by atoms with Gasteiger partial charge in [0.25, 0.3) is 5.91 Å². The van der Waals surface area contributed by atoms with Crippen LogP contribution in [0.2, 0.25) is 5.02 Å². The van der Waals surface area contributed by atoms with E-state index in [2.05, 4.69) is 4.99 Å². The van der Waals surface area contributed by atoms with E-state index in [1.54, 1.807) is 23.1 Å². The summed E-state index contributed by atoms with van der Waals surface area (Å²) in [5.74, 6) is 0.329. The molecule has 9 heteroatoms. The van der Waals surface area contributed by atoms with Gasteiger partial charge in [-0.15, -0.1) is 0 Å². The molecule has 0 aliphatic carbocycles. The highest BCUT2D eigenvalue weighted by Gasteiger charge is 2.50. The molecule has 2 aliphatic heterocycles. The zero-order valence-corrected chi connectivity index (χ0v) is 18.0. The molecule has 2 aromatic rings. The molecular formula is C20H19ClN2O4S2. The van der Waals surface area contributed by atoms with Gasteiger partial charge in [0.1, 0.15) is 5.75 Å². The maximum absolute atomic E-state index is 12.6. The number of halogens is 1. The highest BCUT2D eigenvalue weighted by atomic mass is 35.5. The van der Waals surface area contributed by atoms with Crippen LogP contribution in [0.25, 0.3) is 0 Å². The number of sulfone groups is 1. The van der Waals surface area contributed by atoms with E-state index >= 15 is 0 Å². The number of thioether (sulfide) groups is 1. The third-order valence-electron chi connectivity index (χ3n) is 4.89. The Labute approximate surface area is 178 Å². The molecule has 29 heavy (non-hydrogen) atoms. The van der Waals surface area contributed by atoms with Crippen LogP contribution in [0, 0.1) is 0 Å². The molecule has 2 aromatic carbocycles. The largest absolute Gasteiger partial charge is 0.495 e. The molecule has 0 radical (unpaired) electrons. The van der Waals surface area contributed by atoms with E-state index < -0.39 is 9.84 Å². The lowest BCUT2D eigenvalue weighted by molar-refractivity contribution is -0.117. The molecular weight excluding hydrogens is 432 g/mol. The quantitative estimate of drug-likeness (QED) is 0.712. The van der Waals surface area contributed by atoms with Gasteiger partial charge in [-0.25, -0.2) is 8.42 Å². The molecule has 0 spiro atoms. The predicted octanol–water partition coefficient (Wildman–Crippen LogP) is 3.19. The van der Waals surface area contributed by atoms with Crippen molar-refractivity contribution < 1.29 is 17.9 Å². The van der Waals surface area contributed by atoms with Crippen LogP contribution in [0.15, 0.2) is 53.5 Å². The molecule has 2 atom stereocenters. The van der Waals surface area contributed by atoms with Gasteiger partial charge in [0.2, 0.25) is 0 Å². The van der Waals surface area contributed by atoms with Gasteiger partial charge in [0.05, 0.1) is 36.8 Å². The van der Waals surface area contributed by atoms with Gasteiger partial charge < -0.3 is 9.64 Å². The maximum atomic E-state index is 12.6. The molecule has 2 aliphatic rings. The summed E-state index contributed by atoms with van der Waals surface area (Å²) in [4.78, 5) is 18.7. The summed E-state index contributed by atoms with van der Waals surface area (Å²) in [5.41, 5.74) is 1.49. The van der Waals surface area contributed by atoms with E-state index in [0.29, 0.717) is 21.6 Å². The molecule has 2 heterocycles. The zero-order valence-electron chi connectivity index (χ0n) is 15.6. The van der Waals surface area contributed by atoms with Crippen molar-refractivity contribution in [3.05, 3.63) is 59.1 Å². The third kappa shape index (κ3) is 4.29. The number of hydrogen-bond acceptors (Lipinski definition) is 5. The Morgan fingerprint density at radius 2 is 2.00 bits per heavy atom. The second-order valence-electron chi connectivity index (χ2n) is 6.94. The molecule has 0 bridgehead atoms. The summed E-state index contributed by atoms with van der Waals surface area (Å²) in [6.07, 6.45) is 0.180. The van der Waals surface area contributed by atoms with Gasteiger partial charge in [-0.3, -0.25) is 4.79 Å². The molecule has 4 rings (SSSR count). The molecule has 1 amide bonds. The van der Waals surface area contributed by atoms with Crippen LogP contribution in [0.1, 0.15) is 5.56 Å². The van der Waals surface area contributed by atoms with Gasteiger partial charge in [0.15, 0.2) is 15.0 Å². The summed E-state index contributed by atoms with van der Waals surface area (Å²) in [6.45, 7) is 0. The minimum Gasteiger partial charge on any atom is -0.495 e. The van der Waals surface area contributed by atoms with E-state index in [4.69, 9.17) is 16.3 Å². The summed E-state index contributed by atoms with van der Waals surface area (Å²) >= 11 is 7.53. The van der Waals surface area contributed by atoms with Crippen molar-refractivity contribution >= 4 is 50.0 Å². The number of ether oxygens (including phenoxy) is 1. The maximum Gasteiger partial charge on any atom is 0.252 e. The first-order chi connectivity index (χ1) is 13.9. The first-order valence-electron chi connectivity index (χ1n) is 9.01. The van der Waals surface area contributed by atoms with E-state index in [9.17, 15) is 13.2 Å². The van der Waals surface area contributed by atoms with Gasteiger partial charge in [0, 0.05) is 10.3 Å². The summed E-state index contributed by atoms with van der Waals surface area (Å²) in [6, 6.07) is 14.2. The molecule has 2 unspecified atom stereocenters. The fourth-order valence-corrected chi connectivity index (χ4v) is 7.70. The molecule has 6 nitrogen and oxygen atoms in total. The van der Waals surface area contributed by atoms with Crippen molar-refractivity contribution in [2.24, 2.45) is 4.99 Å². The third-order valence-corrected chi connectivity index (χ3v) is 8.33. The fourth-order valence-electron chi connectivity index (χ4n) is 3.61. The summed E-state index contributed by atoms with van der Waals surface area (Å²) in [5, 5.41) is 0.786. The van der Waals surface area contributed by atoms with E-state index in [0.717, 1.165) is 5.56 Å². The lowest BCUT2D eigenvalue weighted by Gasteiger charge is -2.26. The predicted molar refractivity (Wildman–Crippen MR) is 117 cm³/mol. The minimum absolute atomic E-state index is 0.00618. The van der Waals surface area contributed by atoms with Crippen molar-refractivity contribution in [3.63, 3.8) is 0 Å². The number of fused-ring (bicyclic) bond motifs is 1. The Morgan fingerprint density at radius 3 is 2.72 bits per heavy atom. The zero-order chi connectivity index (χ0) is 20.6. The summed E-state index contributed by atoms with van der Waals surface area (Å²) < 4.78 is 29.9. The van der Waals surface area contributed by atoms with E-state index in [1.807, 2.05) is 30.3 Å². The van der Waals surface area contributed by atoms with E-state index in [-0.39, 0.29) is 35.1 Å². The SMILES string of the molecule is COc1ccc(Cl)cc1N1C(=NC(=O)Cc2ccccc2)SC2CS(=O)(=O)CC21.